The van der Waals surface area contributed by atoms with E-state index in [1.807, 2.05) is 0 Å². The highest BCUT2D eigenvalue weighted by atomic mass is 15.1. The van der Waals surface area contributed by atoms with E-state index in [4.69, 9.17) is 4.98 Å². The molecule has 0 fully saturated rings. The fraction of sp³-hybridized carbons (Fsp3) is 0.824. The van der Waals surface area contributed by atoms with Crippen molar-refractivity contribution in [2.75, 3.05) is 6.54 Å². The third-order valence-corrected chi connectivity index (χ3v) is 4.41. The number of unbranched alkanes of at least 4 members (excludes halogenated alkanes) is 7. The van der Waals surface area contributed by atoms with Gasteiger partial charge < -0.3 is 9.88 Å². The van der Waals surface area contributed by atoms with Gasteiger partial charge >= 0.3 is 0 Å². The molecule has 1 aliphatic heterocycles. The van der Waals surface area contributed by atoms with Gasteiger partial charge in [-0.1, -0.05) is 51.9 Å². The lowest BCUT2D eigenvalue weighted by Crippen LogP contribution is -2.25. The summed E-state index contributed by atoms with van der Waals surface area (Å²) in [5, 5.41) is 3.41. The van der Waals surface area contributed by atoms with Crippen molar-refractivity contribution in [2.24, 2.45) is 0 Å². The van der Waals surface area contributed by atoms with Crippen LogP contribution in [0.1, 0.15) is 75.5 Å². The van der Waals surface area contributed by atoms with Gasteiger partial charge in [0.15, 0.2) is 0 Å². The van der Waals surface area contributed by atoms with Crippen molar-refractivity contribution in [1.29, 1.82) is 0 Å². The molecule has 2 heterocycles. The molecule has 1 N–H and O–H groups in total. The van der Waals surface area contributed by atoms with Gasteiger partial charge in [0.05, 0.1) is 5.69 Å². The third kappa shape index (κ3) is 4.34. The number of nitrogens with one attached hydrogen (secondary N) is 1. The molecular formula is C17H31N3. The van der Waals surface area contributed by atoms with E-state index >= 15 is 0 Å². The number of hydrogen-bond acceptors (Lipinski definition) is 2. The van der Waals surface area contributed by atoms with Gasteiger partial charge in [-0.05, 0) is 13.3 Å². The van der Waals surface area contributed by atoms with E-state index in [0.717, 1.165) is 19.5 Å². The van der Waals surface area contributed by atoms with Gasteiger partial charge in [-0.2, -0.15) is 0 Å². The molecule has 0 bridgehead atoms. The Morgan fingerprint density at radius 1 is 1.05 bits per heavy atom. The molecule has 0 atom stereocenters. The molecule has 0 aliphatic carbocycles. The quantitative estimate of drug-likeness (QED) is 0.692. The molecule has 20 heavy (non-hydrogen) atoms. The highest BCUT2D eigenvalue weighted by Gasteiger charge is 2.16. The van der Waals surface area contributed by atoms with Crippen LogP contribution in [0.15, 0.2) is 0 Å². The van der Waals surface area contributed by atoms with Crippen molar-refractivity contribution in [2.45, 2.75) is 84.7 Å². The zero-order valence-corrected chi connectivity index (χ0v) is 13.4. The molecule has 3 heteroatoms. The molecule has 1 aromatic heterocycles. The van der Waals surface area contributed by atoms with Crippen molar-refractivity contribution in [3.8, 4) is 0 Å². The molecule has 0 unspecified atom stereocenters. The lowest BCUT2D eigenvalue weighted by Gasteiger charge is -2.15. The van der Waals surface area contributed by atoms with Crippen molar-refractivity contribution in [3.63, 3.8) is 0 Å². The lowest BCUT2D eigenvalue weighted by atomic mass is 10.1. The second kappa shape index (κ2) is 8.46. The van der Waals surface area contributed by atoms with Crippen LogP contribution in [0.3, 0.4) is 0 Å². The fourth-order valence-electron chi connectivity index (χ4n) is 3.21. The van der Waals surface area contributed by atoms with Gasteiger partial charge in [0, 0.05) is 31.7 Å². The predicted octanol–water partition coefficient (Wildman–Crippen LogP) is 3.98. The summed E-state index contributed by atoms with van der Waals surface area (Å²) in [4.78, 5) is 4.70. The zero-order chi connectivity index (χ0) is 14.2. The van der Waals surface area contributed by atoms with Crippen LogP contribution in [0.5, 0.6) is 0 Å². The number of hydrogen-bond donors (Lipinski definition) is 1. The summed E-state index contributed by atoms with van der Waals surface area (Å²) in [5.41, 5.74) is 2.78. The van der Waals surface area contributed by atoms with Crippen LogP contribution in [0.4, 0.5) is 0 Å². The number of nitrogens with zero attached hydrogens (tertiary/aromatic N) is 2. The van der Waals surface area contributed by atoms with Crippen molar-refractivity contribution in [1.82, 2.24) is 14.9 Å². The molecule has 0 amide bonds. The summed E-state index contributed by atoms with van der Waals surface area (Å²) in [6.45, 7) is 7.67. The first-order valence-corrected chi connectivity index (χ1v) is 8.58. The van der Waals surface area contributed by atoms with E-state index in [-0.39, 0.29) is 0 Å². The van der Waals surface area contributed by atoms with E-state index in [9.17, 15) is 0 Å². The van der Waals surface area contributed by atoms with Gasteiger partial charge in [-0.15, -0.1) is 0 Å². The Morgan fingerprint density at radius 2 is 1.75 bits per heavy atom. The fourth-order valence-corrected chi connectivity index (χ4v) is 3.21. The topological polar surface area (TPSA) is 29.9 Å². The smallest absolute Gasteiger partial charge is 0.106 e. The molecule has 0 saturated heterocycles. The van der Waals surface area contributed by atoms with Crippen LogP contribution in [0.25, 0.3) is 0 Å². The average molecular weight is 277 g/mol. The van der Waals surface area contributed by atoms with Crippen LogP contribution in [0, 0.1) is 6.92 Å². The summed E-state index contributed by atoms with van der Waals surface area (Å²) >= 11 is 0. The number of imidazole rings is 1. The molecule has 2 rings (SSSR count). The molecular weight excluding hydrogens is 246 g/mol. The standard InChI is InChI=1S/C17H31N3/c1-3-4-5-6-7-8-9-10-13-20-15(2)19-16-14-18-12-11-17(16)20/h18H,3-14H2,1-2H3. The second-order valence-corrected chi connectivity index (χ2v) is 6.11. The van der Waals surface area contributed by atoms with E-state index in [2.05, 4.69) is 23.7 Å². The maximum absolute atomic E-state index is 4.70. The third-order valence-electron chi connectivity index (χ3n) is 4.41. The minimum Gasteiger partial charge on any atom is -0.332 e. The number of rotatable bonds is 9. The van der Waals surface area contributed by atoms with Crippen LogP contribution in [0.2, 0.25) is 0 Å². The van der Waals surface area contributed by atoms with Crippen molar-refractivity contribution in [3.05, 3.63) is 17.2 Å². The number of aryl methyl sites for hydroxylation is 1. The van der Waals surface area contributed by atoms with Gasteiger partial charge in [0.1, 0.15) is 5.82 Å². The first kappa shape index (κ1) is 15.6. The first-order valence-electron chi connectivity index (χ1n) is 8.58. The summed E-state index contributed by atoms with van der Waals surface area (Å²) in [7, 11) is 0. The largest absolute Gasteiger partial charge is 0.332 e. The molecule has 0 radical (unpaired) electrons. The Balaban J connectivity index is 1.66. The molecule has 3 nitrogen and oxygen atoms in total. The lowest BCUT2D eigenvalue weighted by molar-refractivity contribution is 0.522. The Kier molecular flexibility index (Phi) is 6.58. The van der Waals surface area contributed by atoms with Gasteiger partial charge in [-0.25, -0.2) is 4.98 Å². The summed E-state index contributed by atoms with van der Waals surface area (Å²) < 4.78 is 2.47. The number of aromatic nitrogens is 2. The number of fused-ring (bicyclic) bond motifs is 1. The van der Waals surface area contributed by atoms with Gasteiger partial charge in [0.25, 0.3) is 0 Å². The highest BCUT2D eigenvalue weighted by Crippen LogP contribution is 2.17. The molecule has 0 saturated carbocycles. The Hall–Kier alpha value is -0.830. The minimum absolute atomic E-state index is 0.959. The van der Waals surface area contributed by atoms with Crippen molar-refractivity contribution >= 4 is 0 Å². The normalized spacial score (nSPS) is 14.5. The molecule has 1 aromatic rings. The summed E-state index contributed by atoms with van der Waals surface area (Å²) in [5.74, 6) is 1.21. The molecule has 114 valence electrons. The van der Waals surface area contributed by atoms with E-state index in [1.165, 1.54) is 75.1 Å². The van der Waals surface area contributed by atoms with E-state index in [0.29, 0.717) is 0 Å². The Labute approximate surface area is 124 Å². The summed E-state index contributed by atoms with van der Waals surface area (Å²) in [6, 6.07) is 0. The van der Waals surface area contributed by atoms with Crippen LogP contribution in [-0.2, 0) is 19.5 Å². The summed E-state index contributed by atoms with van der Waals surface area (Å²) in [6.07, 6.45) is 12.3. The van der Waals surface area contributed by atoms with E-state index < -0.39 is 0 Å². The molecule has 0 spiro atoms. The predicted molar refractivity (Wildman–Crippen MR) is 85.0 cm³/mol. The monoisotopic (exact) mass is 277 g/mol. The van der Waals surface area contributed by atoms with Crippen LogP contribution in [-0.4, -0.2) is 16.1 Å². The maximum atomic E-state index is 4.70. The van der Waals surface area contributed by atoms with Gasteiger partial charge in [0.2, 0.25) is 0 Å². The average Bonchev–Trinajstić information content (AvgIpc) is 2.78. The minimum atomic E-state index is 0.959. The van der Waals surface area contributed by atoms with Crippen LogP contribution >= 0.6 is 0 Å². The van der Waals surface area contributed by atoms with Crippen LogP contribution < -0.4 is 5.32 Å². The first-order chi connectivity index (χ1) is 9.83. The Bertz CT molecular complexity index is 395. The zero-order valence-electron chi connectivity index (χ0n) is 13.4. The highest BCUT2D eigenvalue weighted by molar-refractivity contribution is 5.19. The van der Waals surface area contributed by atoms with Crippen molar-refractivity contribution < 1.29 is 0 Å². The maximum Gasteiger partial charge on any atom is 0.106 e. The molecule has 0 aromatic carbocycles. The Morgan fingerprint density at radius 3 is 2.50 bits per heavy atom. The SMILES string of the molecule is CCCCCCCCCCn1c(C)nc2c1CCNC2. The van der Waals surface area contributed by atoms with E-state index in [1.54, 1.807) is 0 Å². The molecule has 1 aliphatic rings. The van der Waals surface area contributed by atoms with Gasteiger partial charge in [-0.3, -0.25) is 0 Å². The second-order valence-electron chi connectivity index (χ2n) is 6.11.